The van der Waals surface area contributed by atoms with Crippen LogP contribution in [0.1, 0.15) is 71.1 Å². The quantitative estimate of drug-likeness (QED) is 0.368. The van der Waals surface area contributed by atoms with Gasteiger partial charge in [-0.05, 0) is 50.4 Å². The smallest absolute Gasteiger partial charge is 0.303 e. The Balaban J connectivity index is 1.78. The van der Waals surface area contributed by atoms with Crippen molar-refractivity contribution >= 4 is 17.7 Å². The van der Waals surface area contributed by atoms with Gasteiger partial charge in [-0.3, -0.25) is 4.79 Å². The molecular weight excluding hydrogens is 332 g/mol. The van der Waals surface area contributed by atoms with Gasteiger partial charge < -0.3 is 10.2 Å². The SMILES string of the molecule is CCCCCC(O)C=C[C@@H]1[C@H](C/C=C\CCCC(=O)O)[C@@H]2CC[C@H]1S2. The summed E-state index contributed by atoms with van der Waals surface area (Å²) in [5.74, 6) is 0.562. The van der Waals surface area contributed by atoms with Gasteiger partial charge in [0.05, 0.1) is 6.10 Å². The van der Waals surface area contributed by atoms with E-state index in [0.29, 0.717) is 11.8 Å². The van der Waals surface area contributed by atoms with Crippen LogP contribution in [0, 0.1) is 11.8 Å². The molecule has 0 amide bonds. The Labute approximate surface area is 157 Å². The van der Waals surface area contributed by atoms with Crippen molar-refractivity contribution in [3.8, 4) is 0 Å². The lowest BCUT2D eigenvalue weighted by Crippen LogP contribution is -2.25. The van der Waals surface area contributed by atoms with Gasteiger partial charge >= 0.3 is 5.97 Å². The molecule has 1 unspecified atom stereocenters. The number of aliphatic hydroxyl groups is 1. The highest BCUT2D eigenvalue weighted by molar-refractivity contribution is 8.01. The van der Waals surface area contributed by atoms with Gasteiger partial charge in [0.25, 0.3) is 0 Å². The zero-order valence-electron chi connectivity index (χ0n) is 15.5. The molecule has 2 rings (SSSR count). The third kappa shape index (κ3) is 6.82. The van der Waals surface area contributed by atoms with Crippen molar-refractivity contribution in [1.82, 2.24) is 0 Å². The number of carboxylic acids is 1. The van der Waals surface area contributed by atoms with Crippen LogP contribution in [0.15, 0.2) is 24.3 Å². The molecule has 2 saturated heterocycles. The summed E-state index contributed by atoms with van der Waals surface area (Å²) in [6, 6.07) is 0. The Kier molecular flexibility index (Phi) is 9.11. The Bertz CT molecular complexity index is 460. The van der Waals surface area contributed by atoms with E-state index in [4.69, 9.17) is 5.11 Å². The number of fused-ring (bicyclic) bond motifs is 2. The molecule has 142 valence electrons. The summed E-state index contributed by atoms with van der Waals surface area (Å²) >= 11 is 2.15. The Hall–Kier alpha value is -0.740. The Morgan fingerprint density at radius 2 is 2.00 bits per heavy atom. The summed E-state index contributed by atoms with van der Waals surface area (Å²) in [5, 5.41) is 20.3. The van der Waals surface area contributed by atoms with Crippen LogP contribution in [0.3, 0.4) is 0 Å². The zero-order valence-corrected chi connectivity index (χ0v) is 16.3. The predicted molar refractivity (Wildman–Crippen MR) is 106 cm³/mol. The van der Waals surface area contributed by atoms with Crippen molar-refractivity contribution in [2.24, 2.45) is 11.8 Å². The van der Waals surface area contributed by atoms with Crippen LogP contribution >= 0.6 is 11.8 Å². The number of hydrogen-bond donors (Lipinski definition) is 2. The van der Waals surface area contributed by atoms with Crippen LogP contribution in [-0.2, 0) is 4.79 Å². The molecule has 3 nitrogen and oxygen atoms in total. The highest BCUT2D eigenvalue weighted by Crippen LogP contribution is 2.54. The first-order valence-corrected chi connectivity index (χ1v) is 10.9. The third-order valence-corrected chi connectivity index (χ3v) is 7.32. The summed E-state index contributed by atoms with van der Waals surface area (Å²) in [6.07, 6.45) is 18.4. The molecule has 25 heavy (non-hydrogen) atoms. The van der Waals surface area contributed by atoms with E-state index in [-0.39, 0.29) is 12.5 Å². The van der Waals surface area contributed by atoms with E-state index in [0.717, 1.165) is 42.6 Å². The molecule has 2 bridgehead atoms. The van der Waals surface area contributed by atoms with Gasteiger partial charge in [-0.15, -0.1) is 0 Å². The summed E-state index contributed by atoms with van der Waals surface area (Å²) in [5.41, 5.74) is 0. The summed E-state index contributed by atoms with van der Waals surface area (Å²) in [6.45, 7) is 2.19. The number of unbranched alkanes of at least 4 members (excludes halogenated alkanes) is 3. The van der Waals surface area contributed by atoms with Crippen molar-refractivity contribution < 1.29 is 15.0 Å². The fourth-order valence-corrected chi connectivity index (χ4v) is 6.05. The monoisotopic (exact) mass is 366 g/mol. The average molecular weight is 367 g/mol. The second-order valence-electron chi connectivity index (χ2n) is 7.47. The number of carbonyl (C=O) groups is 1. The summed E-state index contributed by atoms with van der Waals surface area (Å²) in [7, 11) is 0. The van der Waals surface area contributed by atoms with Crippen molar-refractivity contribution in [2.45, 2.75) is 87.7 Å². The van der Waals surface area contributed by atoms with E-state index < -0.39 is 5.97 Å². The Morgan fingerprint density at radius 1 is 1.20 bits per heavy atom. The second kappa shape index (κ2) is 11.1. The van der Waals surface area contributed by atoms with Gasteiger partial charge in [-0.1, -0.05) is 50.5 Å². The average Bonchev–Trinajstić information content (AvgIpc) is 3.17. The molecule has 0 aliphatic carbocycles. The van der Waals surface area contributed by atoms with Crippen molar-refractivity contribution in [2.75, 3.05) is 0 Å². The van der Waals surface area contributed by atoms with Gasteiger partial charge in [-0.25, -0.2) is 0 Å². The maximum atomic E-state index is 10.5. The third-order valence-electron chi connectivity index (χ3n) is 5.48. The molecule has 0 aromatic rings. The van der Waals surface area contributed by atoms with Gasteiger partial charge in [0.15, 0.2) is 0 Å². The first-order valence-electron chi connectivity index (χ1n) is 10.0. The minimum absolute atomic E-state index is 0.260. The summed E-state index contributed by atoms with van der Waals surface area (Å²) in [4.78, 5) is 10.5. The molecule has 2 aliphatic heterocycles. The predicted octanol–water partition coefficient (Wildman–Crippen LogP) is 5.20. The van der Waals surface area contributed by atoms with E-state index in [1.54, 1.807) is 0 Å². The number of carboxylic acid groups (broad SMARTS) is 1. The molecular formula is C21H34O3S. The molecule has 0 saturated carbocycles. The minimum atomic E-state index is -0.708. The molecule has 2 aliphatic rings. The van der Waals surface area contributed by atoms with Crippen molar-refractivity contribution in [3.63, 3.8) is 0 Å². The molecule has 0 aromatic heterocycles. The summed E-state index contributed by atoms with van der Waals surface area (Å²) < 4.78 is 0. The van der Waals surface area contributed by atoms with E-state index in [1.165, 1.54) is 25.7 Å². The van der Waals surface area contributed by atoms with Gasteiger partial charge in [0.1, 0.15) is 0 Å². The van der Waals surface area contributed by atoms with Gasteiger partial charge in [-0.2, -0.15) is 11.8 Å². The normalized spacial score (nSPS) is 29.8. The number of hydrogen-bond acceptors (Lipinski definition) is 3. The van der Waals surface area contributed by atoms with E-state index >= 15 is 0 Å². The van der Waals surface area contributed by atoms with E-state index in [9.17, 15) is 9.90 Å². The fourth-order valence-electron chi connectivity index (χ4n) is 4.09. The molecule has 0 aromatic carbocycles. The number of aliphatic carboxylic acids is 1. The molecule has 0 spiro atoms. The second-order valence-corrected chi connectivity index (χ2v) is 8.96. The highest BCUT2D eigenvalue weighted by atomic mass is 32.2. The zero-order chi connectivity index (χ0) is 18.1. The molecule has 0 radical (unpaired) electrons. The van der Waals surface area contributed by atoms with Gasteiger partial charge in [0.2, 0.25) is 0 Å². The van der Waals surface area contributed by atoms with E-state index in [2.05, 4.69) is 36.9 Å². The highest BCUT2D eigenvalue weighted by Gasteiger charge is 2.46. The lowest BCUT2D eigenvalue weighted by atomic mass is 9.77. The topological polar surface area (TPSA) is 57.5 Å². The van der Waals surface area contributed by atoms with E-state index in [1.807, 2.05) is 6.08 Å². The minimum Gasteiger partial charge on any atom is -0.481 e. The maximum Gasteiger partial charge on any atom is 0.303 e. The molecule has 2 fully saturated rings. The lowest BCUT2D eigenvalue weighted by molar-refractivity contribution is -0.137. The maximum absolute atomic E-state index is 10.5. The number of rotatable bonds is 12. The molecule has 4 heteroatoms. The van der Waals surface area contributed by atoms with Crippen molar-refractivity contribution in [1.29, 1.82) is 0 Å². The van der Waals surface area contributed by atoms with Crippen LogP contribution in [0.2, 0.25) is 0 Å². The Morgan fingerprint density at radius 3 is 2.76 bits per heavy atom. The van der Waals surface area contributed by atoms with Crippen LogP contribution in [0.4, 0.5) is 0 Å². The fraction of sp³-hybridized carbons (Fsp3) is 0.762. The number of allylic oxidation sites excluding steroid dienone is 3. The first-order chi connectivity index (χ1) is 12.1. The standard InChI is InChI=1S/C21H34O3S/c1-2-3-6-9-16(22)12-13-18-17(19-14-15-20(18)25-19)10-7-4-5-8-11-21(23)24/h4,7,12-13,16-20,22H,2-3,5-6,8-11,14-15H2,1H3,(H,23,24)/b7-4-,13-12?/t16?,17-,18+,19-,20+/m0/s1. The van der Waals surface area contributed by atoms with Crippen LogP contribution in [-0.4, -0.2) is 32.8 Å². The molecule has 5 atom stereocenters. The molecule has 2 heterocycles. The number of aliphatic hydroxyl groups excluding tert-OH is 1. The first kappa shape index (κ1) is 20.6. The van der Waals surface area contributed by atoms with Crippen molar-refractivity contribution in [3.05, 3.63) is 24.3 Å². The largest absolute Gasteiger partial charge is 0.481 e. The van der Waals surface area contributed by atoms with Gasteiger partial charge in [0, 0.05) is 16.9 Å². The molecule has 2 N–H and O–H groups in total. The van der Waals surface area contributed by atoms with Crippen LogP contribution < -0.4 is 0 Å². The lowest BCUT2D eigenvalue weighted by Gasteiger charge is -2.27. The number of thioether (sulfide) groups is 1. The van der Waals surface area contributed by atoms with Crippen LogP contribution in [0.5, 0.6) is 0 Å². The van der Waals surface area contributed by atoms with Crippen LogP contribution in [0.25, 0.3) is 0 Å².